The third-order valence-corrected chi connectivity index (χ3v) is 3.45. The fourth-order valence-corrected chi connectivity index (χ4v) is 2.23. The van der Waals surface area contributed by atoms with Crippen LogP contribution in [0, 0.1) is 17.0 Å². The summed E-state index contributed by atoms with van der Waals surface area (Å²) in [6.45, 7) is 1.81. The molecule has 0 aliphatic carbocycles. The summed E-state index contributed by atoms with van der Waals surface area (Å²) >= 11 is 0. The van der Waals surface area contributed by atoms with Crippen LogP contribution < -0.4 is 4.74 Å². The van der Waals surface area contributed by atoms with Crippen molar-refractivity contribution in [3.05, 3.63) is 76.0 Å². The Labute approximate surface area is 132 Å². The SMILES string of the molecule is Cc1c(OCc2cc(-c3ccccc3)no2)cccc1[N+](=O)[O-]. The minimum absolute atomic E-state index is 0.0324. The number of aromatic nitrogens is 1. The zero-order valence-electron chi connectivity index (χ0n) is 12.4. The summed E-state index contributed by atoms with van der Waals surface area (Å²) in [6.07, 6.45) is 0. The molecule has 116 valence electrons. The summed E-state index contributed by atoms with van der Waals surface area (Å²) in [5.74, 6) is 1.01. The number of nitro benzene ring substituents is 1. The minimum atomic E-state index is -0.426. The first-order chi connectivity index (χ1) is 11.1. The first-order valence-corrected chi connectivity index (χ1v) is 7.03. The van der Waals surface area contributed by atoms with E-state index in [9.17, 15) is 10.1 Å². The molecule has 0 aliphatic heterocycles. The molecule has 0 saturated heterocycles. The predicted octanol–water partition coefficient (Wildman–Crippen LogP) is 4.14. The third kappa shape index (κ3) is 3.21. The van der Waals surface area contributed by atoms with E-state index in [0.717, 1.165) is 11.3 Å². The van der Waals surface area contributed by atoms with Gasteiger partial charge in [0.25, 0.3) is 5.69 Å². The number of nitro groups is 1. The van der Waals surface area contributed by atoms with Gasteiger partial charge < -0.3 is 9.26 Å². The maximum absolute atomic E-state index is 10.9. The first kappa shape index (κ1) is 14.8. The van der Waals surface area contributed by atoms with Crippen LogP contribution in [0.4, 0.5) is 5.69 Å². The quantitative estimate of drug-likeness (QED) is 0.523. The molecule has 3 rings (SSSR count). The molecule has 0 aliphatic rings. The molecule has 0 atom stereocenters. The topological polar surface area (TPSA) is 78.4 Å². The van der Waals surface area contributed by atoms with E-state index in [4.69, 9.17) is 9.26 Å². The van der Waals surface area contributed by atoms with Crippen molar-refractivity contribution in [3.63, 3.8) is 0 Å². The number of rotatable bonds is 5. The summed E-state index contributed by atoms with van der Waals surface area (Å²) in [5.41, 5.74) is 2.19. The van der Waals surface area contributed by atoms with E-state index >= 15 is 0 Å². The minimum Gasteiger partial charge on any atom is -0.485 e. The molecular formula is C17H14N2O4. The summed E-state index contributed by atoms with van der Waals surface area (Å²) < 4.78 is 10.9. The largest absolute Gasteiger partial charge is 0.485 e. The van der Waals surface area contributed by atoms with E-state index in [1.165, 1.54) is 6.07 Å². The molecule has 0 fully saturated rings. The number of hydrogen-bond donors (Lipinski definition) is 0. The van der Waals surface area contributed by atoms with Gasteiger partial charge in [-0.3, -0.25) is 10.1 Å². The summed E-state index contributed by atoms with van der Waals surface area (Å²) in [4.78, 5) is 10.5. The molecular weight excluding hydrogens is 296 g/mol. The third-order valence-electron chi connectivity index (χ3n) is 3.45. The van der Waals surface area contributed by atoms with Gasteiger partial charge in [0.2, 0.25) is 0 Å². The Kier molecular flexibility index (Phi) is 4.05. The van der Waals surface area contributed by atoms with Crippen molar-refractivity contribution < 1.29 is 14.2 Å². The molecule has 0 amide bonds. The Balaban J connectivity index is 1.74. The van der Waals surface area contributed by atoms with Crippen LogP contribution in [0.2, 0.25) is 0 Å². The zero-order chi connectivity index (χ0) is 16.2. The molecule has 0 radical (unpaired) electrons. The van der Waals surface area contributed by atoms with Gasteiger partial charge in [-0.2, -0.15) is 0 Å². The fourth-order valence-electron chi connectivity index (χ4n) is 2.23. The Morgan fingerprint density at radius 2 is 1.96 bits per heavy atom. The molecule has 3 aromatic rings. The Bertz CT molecular complexity index is 828. The van der Waals surface area contributed by atoms with Crippen molar-refractivity contribution in [1.29, 1.82) is 0 Å². The van der Waals surface area contributed by atoms with Gasteiger partial charge in [-0.1, -0.05) is 41.6 Å². The maximum atomic E-state index is 10.9. The molecule has 0 saturated carbocycles. The van der Waals surface area contributed by atoms with Crippen LogP contribution >= 0.6 is 0 Å². The van der Waals surface area contributed by atoms with Gasteiger partial charge in [-0.25, -0.2) is 0 Å². The average molecular weight is 310 g/mol. The van der Waals surface area contributed by atoms with Gasteiger partial charge in [0.15, 0.2) is 5.76 Å². The fraction of sp³-hybridized carbons (Fsp3) is 0.118. The van der Waals surface area contributed by atoms with Crippen LogP contribution in [0.3, 0.4) is 0 Å². The normalized spacial score (nSPS) is 10.5. The van der Waals surface area contributed by atoms with Crippen LogP contribution in [-0.2, 0) is 6.61 Å². The Morgan fingerprint density at radius 1 is 1.17 bits per heavy atom. The lowest BCUT2D eigenvalue weighted by atomic mass is 10.1. The second-order valence-electron chi connectivity index (χ2n) is 4.99. The molecule has 0 N–H and O–H groups in total. The Morgan fingerprint density at radius 3 is 2.70 bits per heavy atom. The summed E-state index contributed by atoms with van der Waals surface area (Å²) in [5, 5.41) is 14.9. The average Bonchev–Trinajstić information content (AvgIpc) is 3.03. The van der Waals surface area contributed by atoms with Gasteiger partial charge in [0.05, 0.1) is 10.5 Å². The molecule has 23 heavy (non-hydrogen) atoms. The van der Waals surface area contributed by atoms with Gasteiger partial charge in [0, 0.05) is 17.7 Å². The smallest absolute Gasteiger partial charge is 0.276 e. The van der Waals surface area contributed by atoms with Crippen molar-refractivity contribution in [3.8, 4) is 17.0 Å². The zero-order valence-corrected chi connectivity index (χ0v) is 12.4. The number of ether oxygens (including phenoxy) is 1. The highest BCUT2D eigenvalue weighted by molar-refractivity contribution is 5.58. The molecule has 6 nitrogen and oxygen atoms in total. The lowest BCUT2D eigenvalue weighted by Crippen LogP contribution is -1.98. The van der Waals surface area contributed by atoms with Crippen molar-refractivity contribution in [2.75, 3.05) is 0 Å². The van der Waals surface area contributed by atoms with Crippen LogP contribution in [0.25, 0.3) is 11.3 Å². The van der Waals surface area contributed by atoms with Crippen molar-refractivity contribution in [2.45, 2.75) is 13.5 Å². The highest BCUT2D eigenvalue weighted by atomic mass is 16.6. The van der Waals surface area contributed by atoms with Gasteiger partial charge in [0.1, 0.15) is 18.1 Å². The lowest BCUT2D eigenvalue weighted by Gasteiger charge is -2.07. The van der Waals surface area contributed by atoms with Gasteiger partial charge in [-0.15, -0.1) is 0 Å². The number of nitrogens with zero attached hydrogens (tertiary/aromatic N) is 2. The van der Waals surface area contributed by atoms with Crippen molar-refractivity contribution in [1.82, 2.24) is 5.16 Å². The molecule has 1 heterocycles. The van der Waals surface area contributed by atoms with E-state index in [0.29, 0.717) is 17.1 Å². The highest BCUT2D eigenvalue weighted by Gasteiger charge is 2.15. The molecule has 1 aromatic heterocycles. The summed E-state index contributed by atoms with van der Waals surface area (Å²) in [7, 11) is 0. The molecule has 2 aromatic carbocycles. The molecule has 6 heteroatoms. The van der Waals surface area contributed by atoms with E-state index in [1.807, 2.05) is 30.3 Å². The molecule has 0 unspecified atom stereocenters. The van der Waals surface area contributed by atoms with Crippen LogP contribution in [-0.4, -0.2) is 10.1 Å². The lowest BCUT2D eigenvalue weighted by molar-refractivity contribution is -0.385. The second kappa shape index (κ2) is 6.31. The van der Waals surface area contributed by atoms with Gasteiger partial charge >= 0.3 is 0 Å². The van der Waals surface area contributed by atoms with E-state index in [1.54, 1.807) is 25.1 Å². The molecule has 0 spiro atoms. The first-order valence-electron chi connectivity index (χ1n) is 7.03. The van der Waals surface area contributed by atoms with Crippen molar-refractivity contribution in [2.24, 2.45) is 0 Å². The monoisotopic (exact) mass is 310 g/mol. The predicted molar refractivity (Wildman–Crippen MR) is 84.1 cm³/mol. The van der Waals surface area contributed by atoms with E-state index in [2.05, 4.69) is 5.16 Å². The van der Waals surface area contributed by atoms with Crippen LogP contribution in [0.15, 0.2) is 59.1 Å². The molecule has 0 bridgehead atoms. The maximum Gasteiger partial charge on any atom is 0.276 e. The number of benzene rings is 2. The standard InChI is InChI=1S/C17H14N2O4/c1-12-16(19(20)21)8-5-9-17(12)22-11-14-10-15(18-23-14)13-6-3-2-4-7-13/h2-10H,11H2,1H3. The van der Waals surface area contributed by atoms with E-state index < -0.39 is 4.92 Å². The van der Waals surface area contributed by atoms with Gasteiger partial charge in [-0.05, 0) is 13.0 Å². The number of hydrogen-bond acceptors (Lipinski definition) is 5. The van der Waals surface area contributed by atoms with Crippen LogP contribution in [0.5, 0.6) is 5.75 Å². The van der Waals surface area contributed by atoms with E-state index in [-0.39, 0.29) is 12.3 Å². The van der Waals surface area contributed by atoms with Crippen molar-refractivity contribution >= 4 is 5.69 Å². The second-order valence-corrected chi connectivity index (χ2v) is 4.99. The summed E-state index contributed by atoms with van der Waals surface area (Å²) in [6, 6.07) is 16.2. The Hall–Kier alpha value is -3.15. The highest BCUT2D eigenvalue weighted by Crippen LogP contribution is 2.28. The van der Waals surface area contributed by atoms with Crippen LogP contribution in [0.1, 0.15) is 11.3 Å².